The summed E-state index contributed by atoms with van der Waals surface area (Å²) in [5.74, 6) is 0. The van der Waals surface area contributed by atoms with E-state index in [1.165, 1.54) is 0 Å². The van der Waals surface area contributed by atoms with Crippen molar-refractivity contribution >= 4 is 5.71 Å². The average molecular weight is 163 g/mol. The first-order valence-corrected chi connectivity index (χ1v) is 2.83. The summed E-state index contributed by atoms with van der Waals surface area (Å²) in [4.78, 5) is 0. The number of hydrogen-bond donors (Lipinski definition) is 1. The molecule has 0 saturated heterocycles. The highest BCUT2D eigenvalue weighted by Crippen LogP contribution is 2.16. The molecule has 0 atom stereocenters. The van der Waals surface area contributed by atoms with Gasteiger partial charge in [-0.05, 0) is 13.0 Å². The minimum absolute atomic E-state index is 0.485. The van der Waals surface area contributed by atoms with Crippen LogP contribution in [0.25, 0.3) is 0 Å². The van der Waals surface area contributed by atoms with Gasteiger partial charge in [-0.15, -0.1) is 0 Å². The Bertz CT molecular complexity index is 200. The van der Waals surface area contributed by atoms with Crippen LogP contribution < -0.4 is 0 Å². The van der Waals surface area contributed by atoms with Gasteiger partial charge in [0.2, 0.25) is 0 Å². The van der Waals surface area contributed by atoms with Crippen molar-refractivity contribution in [3.05, 3.63) is 24.3 Å². The Morgan fingerprint density at radius 2 is 1.82 bits per heavy atom. The van der Waals surface area contributed by atoms with Crippen LogP contribution in [0.4, 0.5) is 13.2 Å². The topological polar surface area (TPSA) is 23.9 Å². The van der Waals surface area contributed by atoms with Gasteiger partial charge in [-0.3, -0.25) is 5.41 Å². The predicted octanol–water partition coefficient (Wildman–Crippen LogP) is 2.70. The lowest BCUT2D eigenvalue weighted by atomic mass is 10.2. The van der Waals surface area contributed by atoms with E-state index >= 15 is 0 Å². The van der Waals surface area contributed by atoms with E-state index in [2.05, 4.69) is 6.58 Å². The second-order valence-corrected chi connectivity index (χ2v) is 2.09. The fourth-order valence-electron chi connectivity index (χ4n) is 0.320. The van der Waals surface area contributed by atoms with Gasteiger partial charge in [-0.1, -0.05) is 18.2 Å². The van der Waals surface area contributed by atoms with Crippen molar-refractivity contribution in [2.24, 2.45) is 0 Å². The van der Waals surface area contributed by atoms with Crippen molar-refractivity contribution in [2.45, 2.75) is 13.1 Å². The highest BCUT2D eigenvalue weighted by atomic mass is 19.4. The van der Waals surface area contributed by atoms with Crippen LogP contribution in [0.5, 0.6) is 0 Å². The maximum atomic E-state index is 11.6. The number of alkyl halides is 3. The van der Waals surface area contributed by atoms with Gasteiger partial charge in [-0.2, -0.15) is 13.2 Å². The van der Waals surface area contributed by atoms with Crippen LogP contribution in [0.2, 0.25) is 0 Å². The highest BCUT2D eigenvalue weighted by molar-refractivity contribution is 5.97. The Balaban J connectivity index is 4.20. The van der Waals surface area contributed by atoms with Gasteiger partial charge in [0.25, 0.3) is 0 Å². The minimum Gasteiger partial charge on any atom is -0.296 e. The SMILES string of the molecule is C=C(C)/C=C\C(=N)C(F)(F)F. The van der Waals surface area contributed by atoms with E-state index < -0.39 is 11.9 Å². The van der Waals surface area contributed by atoms with Gasteiger partial charge >= 0.3 is 6.18 Å². The second kappa shape index (κ2) is 3.37. The molecule has 0 aliphatic carbocycles. The van der Waals surface area contributed by atoms with Crippen molar-refractivity contribution in [3.63, 3.8) is 0 Å². The molecule has 0 bridgehead atoms. The molecule has 0 aromatic heterocycles. The molecular formula is C7H8F3N. The van der Waals surface area contributed by atoms with Crippen molar-refractivity contribution in [1.29, 1.82) is 5.41 Å². The maximum Gasteiger partial charge on any atom is 0.432 e. The molecule has 1 nitrogen and oxygen atoms in total. The third-order valence-corrected chi connectivity index (χ3v) is 0.840. The summed E-state index contributed by atoms with van der Waals surface area (Å²) in [5, 5.41) is 6.48. The van der Waals surface area contributed by atoms with E-state index in [9.17, 15) is 13.2 Å². The summed E-state index contributed by atoms with van der Waals surface area (Å²) in [6.45, 7) is 4.91. The summed E-state index contributed by atoms with van der Waals surface area (Å²) in [6.07, 6.45) is -2.72. The molecule has 0 amide bonds. The third kappa shape index (κ3) is 4.36. The van der Waals surface area contributed by atoms with Crippen molar-refractivity contribution in [1.82, 2.24) is 0 Å². The van der Waals surface area contributed by atoms with E-state index in [0.29, 0.717) is 11.6 Å². The van der Waals surface area contributed by atoms with Crippen LogP contribution in [-0.4, -0.2) is 11.9 Å². The van der Waals surface area contributed by atoms with Crippen LogP contribution in [-0.2, 0) is 0 Å². The van der Waals surface area contributed by atoms with Gasteiger partial charge in [-0.25, -0.2) is 0 Å². The number of halogens is 3. The molecule has 1 N–H and O–H groups in total. The third-order valence-electron chi connectivity index (χ3n) is 0.840. The molecular weight excluding hydrogens is 155 g/mol. The van der Waals surface area contributed by atoms with Crippen LogP contribution in [0.15, 0.2) is 24.3 Å². The summed E-state index contributed by atoms with van der Waals surface area (Å²) in [6, 6.07) is 0. The average Bonchev–Trinajstić information content (AvgIpc) is 1.80. The van der Waals surface area contributed by atoms with Crippen molar-refractivity contribution < 1.29 is 13.2 Å². The molecule has 0 aliphatic rings. The molecule has 0 unspecified atom stereocenters. The molecule has 0 radical (unpaired) electrons. The summed E-state index contributed by atoms with van der Waals surface area (Å²) >= 11 is 0. The molecule has 62 valence electrons. The quantitative estimate of drug-likeness (QED) is 0.478. The van der Waals surface area contributed by atoms with E-state index in [4.69, 9.17) is 5.41 Å². The minimum atomic E-state index is -4.55. The number of allylic oxidation sites excluding steroid dienone is 3. The standard InChI is InChI=1S/C7H8F3N/c1-5(2)3-4-6(11)7(8,9)10/h3-4,11H,1H2,2H3/b4-3-,11-6?. The number of rotatable bonds is 2. The molecule has 0 aromatic carbocycles. The number of hydrogen-bond acceptors (Lipinski definition) is 1. The first-order chi connectivity index (χ1) is 4.84. The Morgan fingerprint density at radius 1 is 1.36 bits per heavy atom. The molecule has 0 fully saturated rings. The zero-order chi connectivity index (χ0) is 9.07. The fraction of sp³-hybridized carbons (Fsp3) is 0.286. The lowest BCUT2D eigenvalue weighted by Gasteiger charge is -2.01. The fourth-order valence-corrected chi connectivity index (χ4v) is 0.320. The summed E-state index contributed by atoms with van der Waals surface area (Å²) < 4.78 is 34.8. The second-order valence-electron chi connectivity index (χ2n) is 2.09. The molecule has 4 heteroatoms. The van der Waals surface area contributed by atoms with Gasteiger partial charge in [0, 0.05) is 0 Å². The van der Waals surface area contributed by atoms with E-state index in [-0.39, 0.29) is 0 Å². The van der Waals surface area contributed by atoms with Gasteiger partial charge in [0.15, 0.2) is 0 Å². The number of nitrogens with one attached hydrogen (secondary N) is 1. The summed E-state index contributed by atoms with van der Waals surface area (Å²) in [5.41, 5.74) is -0.875. The maximum absolute atomic E-state index is 11.6. The Labute approximate surface area is 62.7 Å². The normalized spacial score (nSPS) is 12.0. The van der Waals surface area contributed by atoms with Crippen LogP contribution >= 0.6 is 0 Å². The lowest BCUT2D eigenvalue weighted by Crippen LogP contribution is -2.19. The van der Waals surface area contributed by atoms with Crippen molar-refractivity contribution in [3.8, 4) is 0 Å². The molecule has 0 rings (SSSR count). The Morgan fingerprint density at radius 3 is 2.09 bits per heavy atom. The molecule has 0 aromatic rings. The molecule has 11 heavy (non-hydrogen) atoms. The van der Waals surface area contributed by atoms with E-state index in [0.717, 1.165) is 6.08 Å². The smallest absolute Gasteiger partial charge is 0.296 e. The van der Waals surface area contributed by atoms with E-state index in [1.807, 2.05) is 0 Å². The Hall–Kier alpha value is -1.06. The van der Waals surface area contributed by atoms with E-state index in [1.54, 1.807) is 6.92 Å². The van der Waals surface area contributed by atoms with Crippen LogP contribution in [0.3, 0.4) is 0 Å². The molecule has 0 heterocycles. The van der Waals surface area contributed by atoms with Crippen LogP contribution in [0.1, 0.15) is 6.92 Å². The first-order valence-electron chi connectivity index (χ1n) is 2.83. The van der Waals surface area contributed by atoms with Crippen LogP contribution in [0, 0.1) is 5.41 Å². The Kier molecular flexibility index (Phi) is 3.04. The molecule has 0 aliphatic heterocycles. The summed E-state index contributed by atoms with van der Waals surface area (Å²) in [7, 11) is 0. The predicted molar refractivity (Wildman–Crippen MR) is 37.7 cm³/mol. The highest BCUT2D eigenvalue weighted by Gasteiger charge is 2.31. The first kappa shape index (κ1) is 9.94. The molecule has 0 spiro atoms. The zero-order valence-corrected chi connectivity index (χ0v) is 6.00. The van der Waals surface area contributed by atoms with Gasteiger partial charge < -0.3 is 0 Å². The molecule has 0 saturated carbocycles. The zero-order valence-electron chi connectivity index (χ0n) is 6.00. The van der Waals surface area contributed by atoms with Gasteiger partial charge in [0.1, 0.15) is 5.71 Å². The lowest BCUT2D eigenvalue weighted by molar-refractivity contribution is -0.0584. The largest absolute Gasteiger partial charge is 0.432 e. The monoisotopic (exact) mass is 163 g/mol. The van der Waals surface area contributed by atoms with Gasteiger partial charge in [0.05, 0.1) is 0 Å². The van der Waals surface area contributed by atoms with Crippen molar-refractivity contribution in [2.75, 3.05) is 0 Å².